The maximum absolute atomic E-state index is 14.0. The summed E-state index contributed by atoms with van der Waals surface area (Å²) in [5.41, 5.74) is 5.76. The molecule has 0 aliphatic rings. The number of nitrogen functional groups attached to an aromatic ring is 1. The Bertz CT molecular complexity index is 1350. The minimum Gasteiger partial charge on any atom is -0.476 e. The third kappa shape index (κ3) is 8.39. The molecule has 3 rings (SSSR count). The van der Waals surface area contributed by atoms with E-state index in [9.17, 15) is 9.36 Å². The second-order valence-electron chi connectivity index (χ2n) is 9.79. The average molecular weight is 609 g/mol. The standard InChI is InChI=1S/C27H41N6O8P/c1-8-27(37-7,15-21(36-6)33-17-29-22-23(33)30-26(28)31-24(22)38-9-2)16-39-42(35,41-20-13-11-10-12-14-20)32-19(5)25(34)40-18(3)4/h10-14,17-19,21H,8-9,15-16H2,1-7H3,(H,32,35)(H2,28,30,31)/t19-,21-,27+,42?/m1/s1. The smallest absolute Gasteiger partial charge is 0.459 e. The average Bonchev–Trinajstić information content (AvgIpc) is 3.37. The van der Waals surface area contributed by atoms with Gasteiger partial charge in [0.15, 0.2) is 11.2 Å². The first-order valence-corrected chi connectivity index (χ1v) is 15.2. The van der Waals surface area contributed by atoms with Crippen molar-refractivity contribution in [1.29, 1.82) is 0 Å². The van der Waals surface area contributed by atoms with Crippen LogP contribution in [-0.2, 0) is 28.1 Å². The fourth-order valence-electron chi connectivity index (χ4n) is 4.10. The summed E-state index contributed by atoms with van der Waals surface area (Å²) in [7, 11) is -1.07. The van der Waals surface area contributed by atoms with Gasteiger partial charge in [-0.2, -0.15) is 15.1 Å². The van der Waals surface area contributed by atoms with E-state index >= 15 is 0 Å². The molecular weight excluding hydrogens is 567 g/mol. The molecule has 0 radical (unpaired) electrons. The van der Waals surface area contributed by atoms with Crippen LogP contribution in [0.3, 0.4) is 0 Å². The first-order valence-electron chi connectivity index (χ1n) is 13.7. The molecule has 4 atom stereocenters. The quantitative estimate of drug-likeness (QED) is 0.165. The molecule has 0 saturated heterocycles. The highest BCUT2D eigenvalue weighted by Gasteiger charge is 2.39. The lowest BCUT2D eigenvalue weighted by Gasteiger charge is -2.35. The predicted molar refractivity (Wildman–Crippen MR) is 156 cm³/mol. The van der Waals surface area contributed by atoms with Gasteiger partial charge in [-0.05, 0) is 46.2 Å². The maximum Gasteiger partial charge on any atom is 0.459 e. The number of fused-ring (bicyclic) bond motifs is 1. The number of hydrogen-bond acceptors (Lipinski definition) is 12. The summed E-state index contributed by atoms with van der Waals surface area (Å²) in [6.07, 6.45) is 1.22. The van der Waals surface area contributed by atoms with E-state index in [4.69, 9.17) is 33.7 Å². The van der Waals surface area contributed by atoms with Crippen LogP contribution in [0, 0.1) is 0 Å². The monoisotopic (exact) mass is 608 g/mol. The van der Waals surface area contributed by atoms with Crippen LogP contribution in [0.15, 0.2) is 36.7 Å². The summed E-state index contributed by atoms with van der Waals surface area (Å²) < 4.78 is 50.1. The molecule has 0 spiro atoms. The van der Waals surface area contributed by atoms with Gasteiger partial charge in [0.25, 0.3) is 0 Å². The van der Waals surface area contributed by atoms with Gasteiger partial charge in [0.1, 0.15) is 18.0 Å². The van der Waals surface area contributed by atoms with Crippen molar-refractivity contribution >= 4 is 30.8 Å². The SMILES string of the molecule is CCOc1nc(N)nc2c1ncn2[C@@H](C[C@@](CC)(COP(=O)(N[C@H](C)C(=O)OC(C)C)Oc1ccccc1)OC)OC. The number of aromatic nitrogens is 4. The Kier molecular flexibility index (Phi) is 11.7. The molecule has 15 heteroatoms. The zero-order valence-corrected chi connectivity index (χ0v) is 26.0. The number of carbonyl (C=O) groups is 1. The number of methoxy groups -OCH3 is 2. The van der Waals surface area contributed by atoms with Crippen LogP contribution >= 0.6 is 7.75 Å². The molecule has 2 aromatic heterocycles. The molecule has 14 nitrogen and oxygen atoms in total. The molecular formula is C27H41N6O8P. The molecule has 0 aliphatic carbocycles. The number of ether oxygens (including phenoxy) is 4. The van der Waals surface area contributed by atoms with Crippen molar-refractivity contribution in [3.63, 3.8) is 0 Å². The van der Waals surface area contributed by atoms with E-state index < -0.39 is 31.6 Å². The van der Waals surface area contributed by atoms with E-state index in [0.29, 0.717) is 29.9 Å². The molecule has 3 N–H and O–H groups in total. The lowest BCUT2D eigenvalue weighted by Crippen LogP contribution is -2.41. The molecule has 1 aromatic carbocycles. The molecule has 232 valence electrons. The number of nitrogens with two attached hydrogens (primary N) is 1. The normalized spacial score (nSPS) is 16.0. The first-order chi connectivity index (χ1) is 20.0. The number of anilines is 1. The third-order valence-electron chi connectivity index (χ3n) is 6.42. The Morgan fingerprint density at radius 1 is 1.14 bits per heavy atom. The Morgan fingerprint density at radius 2 is 1.86 bits per heavy atom. The van der Waals surface area contributed by atoms with Crippen molar-refractivity contribution < 1.29 is 37.4 Å². The number of benzene rings is 1. The van der Waals surface area contributed by atoms with Crippen LogP contribution in [0.25, 0.3) is 11.2 Å². The Balaban J connectivity index is 1.89. The lowest BCUT2D eigenvalue weighted by molar-refractivity contribution is -0.149. The fourth-order valence-corrected chi connectivity index (χ4v) is 5.66. The molecule has 3 aromatic rings. The Hall–Kier alpha value is -3.29. The van der Waals surface area contributed by atoms with Gasteiger partial charge in [-0.1, -0.05) is 25.1 Å². The number of para-hydroxylation sites is 1. The number of rotatable bonds is 17. The number of esters is 1. The Morgan fingerprint density at radius 3 is 2.45 bits per heavy atom. The highest BCUT2D eigenvalue weighted by atomic mass is 31.2. The second kappa shape index (κ2) is 14.7. The van der Waals surface area contributed by atoms with E-state index in [1.807, 2.05) is 13.8 Å². The van der Waals surface area contributed by atoms with Crippen LogP contribution in [0.2, 0.25) is 0 Å². The van der Waals surface area contributed by atoms with Gasteiger partial charge in [0.2, 0.25) is 11.8 Å². The van der Waals surface area contributed by atoms with Gasteiger partial charge in [-0.25, -0.2) is 9.55 Å². The van der Waals surface area contributed by atoms with Crippen LogP contribution in [0.5, 0.6) is 11.6 Å². The number of nitrogens with one attached hydrogen (secondary N) is 1. The van der Waals surface area contributed by atoms with Crippen molar-refractivity contribution in [3.05, 3.63) is 36.7 Å². The van der Waals surface area contributed by atoms with E-state index in [-0.39, 0.29) is 31.0 Å². The van der Waals surface area contributed by atoms with Crippen LogP contribution in [0.1, 0.15) is 53.7 Å². The van der Waals surface area contributed by atoms with Gasteiger partial charge in [0.05, 0.1) is 31.2 Å². The van der Waals surface area contributed by atoms with Gasteiger partial charge < -0.3 is 29.2 Å². The van der Waals surface area contributed by atoms with Gasteiger partial charge in [-0.3, -0.25) is 13.9 Å². The summed E-state index contributed by atoms with van der Waals surface area (Å²) in [4.78, 5) is 25.4. The molecule has 0 bridgehead atoms. The molecule has 2 heterocycles. The third-order valence-corrected chi connectivity index (χ3v) is 8.04. The number of carbonyl (C=O) groups excluding carboxylic acids is 1. The van der Waals surface area contributed by atoms with Gasteiger partial charge in [-0.15, -0.1) is 0 Å². The van der Waals surface area contributed by atoms with Crippen molar-refractivity contribution in [1.82, 2.24) is 24.6 Å². The number of imidazole rings is 1. The van der Waals surface area contributed by atoms with Crippen molar-refractivity contribution in [2.24, 2.45) is 0 Å². The Labute approximate surface area is 245 Å². The highest BCUT2D eigenvalue weighted by Crippen LogP contribution is 2.47. The van der Waals surface area contributed by atoms with E-state index in [2.05, 4.69) is 20.0 Å². The van der Waals surface area contributed by atoms with Crippen molar-refractivity contribution in [2.75, 3.05) is 33.2 Å². The van der Waals surface area contributed by atoms with Gasteiger partial charge in [0, 0.05) is 20.6 Å². The lowest BCUT2D eigenvalue weighted by atomic mass is 9.96. The minimum absolute atomic E-state index is 0.0227. The molecule has 0 saturated carbocycles. The van der Waals surface area contributed by atoms with E-state index in [0.717, 1.165) is 0 Å². The number of hydrogen-bond donors (Lipinski definition) is 2. The van der Waals surface area contributed by atoms with Crippen LogP contribution < -0.4 is 20.1 Å². The molecule has 0 amide bonds. The van der Waals surface area contributed by atoms with Crippen LogP contribution in [-0.4, -0.2) is 70.7 Å². The first kappa shape index (κ1) is 33.2. The van der Waals surface area contributed by atoms with E-state index in [1.165, 1.54) is 21.1 Å². The summed E-state index contributed by atoms with van der Waals surface area (Å²) in [5, 5.41) is 2.70. The molecule has 1 unspecified atom stereocenters. The summed E-state index contributed by atoms with van der Waals surface area (Å²) >= 11 is 0. The fraction of sp³-hybridized carbons (Fsp3) is 0.556. The minimum atomic E-state index is -4.13. The summed E-state index contributed by atoms with van der Waals surface area (Å²) in [6.45, 7) is 8.89. The highest BCUT2D eigenvalue weighted by molar-refractivity contribution is 7.52. The molecule has 0 fully saturated rings. The molecule has 42 heavy (non-hydrogen) atoms. The topological polar surface area (TPSA) is 171 Å². The zero-order valence-electron chi connectivity index (χ0n) is 25.1. The van der Waals surface area contributed by atoms with Crippen molar-refractivity contribution in [3.8, 4) is 11.6 Å². The van der Waals surface area contributed by atoms with Crippen molar-refractivity contribution in [2.45, 2.75) is 71.4 Å². The van der Waals surface area contributed by atoms with E-state index in [1.54, 1.807) is 55.1 Å². The number of nitrogens with zero attached hydrogens (tertiary/aromatic N) is 4. The summed E-state index contributed by atoms with van der Waals surface area (Å²) in [6, 6.07) is 7.53. The van der Waals surface area contributed by atoms with Gasteiger partial charge >= 0.3 is 13.7 Å². The predicted octanol–water partition coefficient (Wildman–Crippen LogP) is 4.27. The second-order valence-corrected chi connectivity index (χ2v) is 11.5. The summed E-state index contributed by atoms with van der Waals surface area (Å²) in [5.74, 6) is -0.0207. The molecule has 0 aliphatic heterocycles. The largest absolute Gasteiger partial charge is 0.476 e. The zero-order chi connectivity index (χ0) is 30.9. The maximum atomic E-state index is 14.0. The van der Waals surface area contributed by atoms with Crippen LogP contribution in [0.4, 0.5) is 5.95 Å².